The van der Waals surface area contributed by atoms with Crippen molar-refractivity contribution in [1.82, 2.24) is 0 Å². The second-order valence-corrected chi connectivity index (χ2v) is 8.93. The van der Waals surface area contributed by atoms with E-state index in [4.69, 9.17) is 19.7 Å². The Morgan fingerprint density at radius 1 is 0.867 bits per heavy atom. The molecule has 0 aromatic heterocycles. The molecule has 1 aliphatic carbocycles. The molecular weight excluding hydrogens is 392 g/mol. The van der Waals surface area contributed by atoms with E-state index in [0.717, 1.165) is 12.8 Å². The minimum atomic E-state index is -0.956. The molecular formula is C22H38O8. The lowest BCUT2D eigenvalue weighted by atomic mass is 9.85. The van der Waals surface area contributed by atoms with Gasteiger partial charge in [0.15, 0.2) is 0 Å². The molecule has 0 saturated heterocycles. The number of hydrogen-bond acceptors (Lipinski definition) is 6. The van der Waals surface area contributed by atoms with Crippen molar-refractivity contribution in [3.05, 3.63) is 0 Å². The number of hydrogen-bond donors (Lipinski definition) is 2. The summed E-state index contributed by atoms with van der Waals surface area (Å²) in [5.74, 6) is -2.95. The van der Waals surface area contributed by atoms with Gasteiger partial charge >= 0.3 is 23.9 Å². The number of rotatable bonds is 9. The number of carbonyl (C=O) groups is 4. The summed E-state index contributed by atoms with van der Waals surface area (Å²) in [7, 11) is 0. The van der Waals surface area contributed by atoms with Crippen LogP contribution in [0.1, 0.15) is 86.5 Å². The molecule has 0 bridgehead atoms. The molecule has 0 radical (unpaired) electrons. The zero-order valence-corrected chi connectivity index (χ0v) is 19.2. The van der Waals surface area contributed by atoms with Gasteiger partial charge in [0.25, 0.3) is 0 Å². The molecule has 0 aromatic rings. The Bertz CT molecular complexity index is 594. The molecule has 8 nitrogen and oxygen atoms in total. The summed E-state index contributed by atoms with van der Waals surface area (Å²) >= 11 is 0. The average molecular weight is 431 g/mol. The van der Waals surface area contributed by atoms with Crippen LogP contribution in [0.4, 0.5) is 0 Å². The predicted molar refractivity (Wildman–Crippen MR) is 111 cm³/mol. The number of carboxylic acids is 2. The number of esters is 2. The third kappa shape index (κ3) is 9.59. The highest BCUT2D eigenvalue weighted by atomic mass is 16.5. The maximum atomic E-state index is 11.9. The predicted octanol–water partition coefficient (Wildman–Crippen LogP) is 4.05. The van der Waals surface area contributed by atoms with Crippen LogP contribution in [0.5, 0.6) is 0 Å². The van der Waals surface area contributed by atoms with Crippen molar-refractivity contribution >= 4 is 23.9 Å². The van der Waals surface area contributed by atoms with Gasteiger partial charge in [0.1, 0.15) is 12.7 Å². The smallest absolute Gasteiger partial charge is 0.311 e. The SMILES string of the molecule is CCC(C)(C)C(=O)OC1CCCCC1C(=O)O.CCC(C)(C)C(=O)OCCC(=O)O. The molecule has 0 heterocycles. The van der Waals surface area contributed by atoms with Gasteiger partial charge in [-0.3, -0.25) is 19.2 Å². The van der Waals surface area contributed by atoms with Gasteiger partial charge in [0, 0.05) is 0 Å². The largest absolute Gasteiger partial charge is 0.481 e. The molecule has 0 aliphatic heterocycles. The second-order valence-electron chi connectivity index (χ2n) is 8.93. The van der Waals surface area contributed by atoms with Crippen LogP contribution in [0, 0.1) is 16.7 Å². The van der Waals surface area contributed by atoms with Crippen molar-refractivity contribution < 1.29 is 38.9 Å². The first-order chi connectivity index (χ1) is 13.8. The van der Waals surface area contributed by atoms with Crippen molar-refractivity contribution in [2.24, 2.45) is 16.7 Å². The van der Waals surface area contributed by atoms with Crippen molar-refractivity contribution in [3.8, 4) is 0 Å². The van der Waals surface area contributed by atoms with Gasteiger partial charge < -0.3 is 19.7 Å². The van der Waals surface area contributed by atoms with Crippen LogP contribution >= 0.6 is 0 Å². The van der Waals surface area contributed by atoms with Crippen molar-refractivity contribution in [3.63, 3.8) is 0 Å². The molecule has 174 valence electrons. The van der Waals surface area contributed by atoms with Crippen LogP contribution in [-0.4, -0.2) is 46.8 Å². The van der Waals surface area contributed by atoms with Crippen LogP contribution in [-0.2, 0) is 28.7 Å². The molecule has 1 aliphatic rings. The molecule has 1 fully saturated rings. The molecule has 2 unspecified atom stereocenters. The van der Waals surface area contributed by atoms with Crippen LogP contribution in [0.25, 0.3) is 0 Å². The van der Waals surface area contributed by atoms with Gasteiger partial charge in [-0.2, -0.15) is 0 Å². The lowest BCUT2D eigenvalue weighted by Gasteiger charge is -2.31. The lowest BCUT2D eigenvalue weighted by molar-refractivity contribution is -0.169. The first-order valence-corrected chi connectivity index (χ1v) is 10.6. The molecule has 2 N–H and O–H groups in total. The van der Waals surface area contributed by atoms with Gasteiger partial charge in [0.05, 0.1) is 23.2 Å². The van der Waals surface area contributed by atoms with E-state index in [9.17, 15) is 19.2 Å². The van der Waals surface area contributed by atoms with E-state index in [1.165, 1.54) is 0 Å². The number of carbonyl (C=O) groups excluding carboxylic acids is 2. The Hall–Kier alpha value is -2.12. The van der Waals surface area contributed by atoms with Crippen molar-refractivity contribution in [2.75, 3.05) is 6.61 Å². The minimum absolute atomic E-state index is 0.0441. The third-order valence-electron chi connectivity index (χ3n) is 5.70. The van der Waals surface area contributed by atoms with E-state index in [1.54, 1.807) is 13.8 Å². The molecule has 1 saturated carbocycles. The van der Waals surface area contributed by atoms with Gasteiger partial charge in [0.2, 0.25) is 0 Å². The fourth-order valence-corrected chi connectivity index (χ4v) is 2.53. The molecule has 0 aromatic carbocycles. The number of aliphatic carboxylic acids is 2. The van der Waals surface area contributed by atoms with Gasteiger partial charge in [-0.05, 0) is 59.8 Å². The van der Waals surface area contributed by atoms with Crippen LogP contribution in [0.2, 0.25) is 0 Å². The Kier molecular flexibility index (Phi) is 11.7. The summed E-state index contributed by atoms with van der Waals surface area (Å²) in [5.41, 5.74) is -1.04. The van der Waals surface area contributed by atoms with Crippen LogP contribution in [0.15, 0.2) is 0 Å². The number of ether oxygens (including phenoxy) is 2. The van der Waals surface area contributed by atoms with E-state index < -0.39 is 34.8 Å². The minimum Gasteiger partial charge on any atom is -0.481 e. The summed E-state index contributed by atoms with van der Waals surface area (Å²) in [6.07, 6.45) is 3.92. The normalized spacial score (nSPS) is 19.1. The molecule has 0 spiro atoms. The van der Waals surface area contributed by atoms with Gasteiger partial charge in [-0.15, -0.1) is 0 Å². The zero-order valence-electron chi connectivity index (χ0n) is 19.2. The Morgan fingerprint density at radius 3 is 1.83 bits per heavy atom. The Labute approximate surface area is 179 Å². The highest BCUT2D eigenvalue weighted by molar-refractivity contribution is 5.77. The standard InChI is InChI=1S/C13H22O4.C9H16O4/c1-4-13(2,3)12(16)17-10-8-6-5-7-9(10)11(14)15;1-4-9(2,3)8(12)13-6-5-7(10)11/h9-10H,4-8H2,1-3H3,(H,14,15);4-6H2,1-3H3,(H,10,11). The van der Waals surface area contributed by atoms with E-state index in [0.29, 0.717) is 25.7 Å². The first kappa shape index (κ1) is 27.9. The van der Waals surface area contributed by atoms with Gasteiger partial charge in [-0.25, -0.2) is 0 Å². The maximum Gasteiger partial charge on any atom is 0.311 e. The van der Waals surface area contributed by atoms with E-state index >= 15 is 0 Å². The third-order valence-corrected chi connectivity index (χ3v) is 5.70. The van der Waals surface area contributed by atoms with Crippen LogP contribution < -0.4 is 0 Å². The summed E-state index contributed by atoms with van der Waals surface area (Å²) in [5, 5.41) is 17.4. The highest BCUT2D eigenvalue weighted by Crippen LogP contribution is 2.30. The summed E-state index contributed by atoms with van der Waals surface area (Å²) in [6.45, 7) is 11.0. The lowest BCUT2D eigenvalue weighted by Crippen LogP contribution is -2.38. The Morgan fingerprint density at radius 2 is 1.37 bits per heavy atom. The number of carboxylic acid groups (broad SMARTS) is 2. The molecule has 30 heavy (non-hydrogen) atoms. The fourth-order valence-electron chi connectivity index (χ4n) is 2.53. The van der Waals surface area contributed by atoms with Crippen molar-refractivity contribution in [1.29, 1.82) is 0 Å². The first-order valence-electron chi connectivity index (χ1n) is 10.6. The van der Waals surface area contributed by atoms with E-state index in [2.05, 4.69) is 0 Å². The van der Waals surface area contributed by atoms with Gasteiger partial charge in [-0.1, -0.05) is 20.3 Å². The maximum absolute atomic E-state index is 11.9. The zero-order chi connectivity index (χ0) is 23.5. The van der Waals surface area contributed by atoms with Crippen LogP contribution in [0.3, 0.4) is 0 Å². The fraction of sp³-hybridized carbons (Fsp3) is 0.818. The summed E-state index contributed by atoms with van der Waals surface area (Å²) in [4.78, 5) is 44.4. The summed E-state index contributed by atoms with van der Waals surface area (Å²) in [6, 6.07) is 0. The average Bonchev–Trinajstić information content (AvgIpc) is 2.68. The van der Waals surface area contributed by atoms with Crippen molar-refractivity contribution in [2.45, 2.75) is 92.6 Å². The Balaban J connectivity index is 0.000000584. The monoisotopic (exact) mass is 430 g/mol. The quantitative estimate of drug-likeness (QED) is 0.524. The molecule has 1 rings (SSSR count). The highest BCUT2D eigenvalue weighted by Gasteiger charge is 2.37. The molecule has 8 heteroatoms. The molecule has 2 atom stereocenters. The summed E-state index contributed by atoms with van der Waals surface area (Å²) < 4.78 is 10.2. The van der Waals surface area contributed by atoms with E-state index in [1.807, 2.05) is 27.7 Å². The molecule has 0 amide bonds. The topological polar surface area (TPSA) is 127 Å². The van der Waals surface area contributed by atoms with E-state index in [-0.39, 0.29) is 25.0 Å². The second kappa shape index (κ2) is 12.5.